The second-order valence-corrected chi connectivity index (χ2v) is 10.9. The molecule has 0 saturated carbocycles. The maximum atomic E-state index is 12.1. The van der Waals surface area contributed by atoms with Crippen molar-refractivity contribution in [3.8, 4) is 0 Å². The van der Waals surface area contributed by atoms with Crippen molar-refractivity contribution in [1.82, 2.24) is 0 Å². The minimum absolute atomic E-state index is 0.0689. The van der Waals surface area contributed by atoms with Crippen molar-refractivity contribution in [1.29, 1.82) is 0 Å². The topological polar surface area (TPSA) is 66.8 Å². The average molecular weight is 445 g/mol. The van der Waals surface area contributed by atoms with E-state index in [0.717, 1.165) is 27.7 Å². The molecule has 1 aromatic rings. The van der Waals surface area contributed by atoms with E-state index in [4.69, 9.17) is 0 Å². The lowest BCUT2D eigenvalue weighted by molar-refractivity contribution is -0.117. The van der Waals surface area contributed by atoms with Gasteiger partial charge in [-0.1, -0.05) is 34.6 Å². The molecule has 0 aromatic heterocycles. The van der Waals surface area contributed by atoms with E-state index in [0.29, 0.717) is 11.6 Å². The molecule has 0 unspecified atom stereocenters. The van der Waals surface area contributed by atoms with Crippen molar-refractivity contribution >= 4 is 54.3 Å². The summed E-state index contributed by atoms with van der Waals surface area (Å²) in [5, 5.41) is 0.567. The third kappa shape index (κ3) is 3.80. The largest absolute Gasteiger partial charge is 0.315 e. The Morgan fingerprint density at radius 3 is 2.56 bits per heavy atom. The third-order valence-electron chi connectivity index (χ3n) is 4.45. The molecule has 1 amide bonds. The highest BCUT2D eigenvalue weighted by Gasteiger charge is 2.49. The lowest BCUT2D eigenvalue weighted by Gasteiger charge is -2.28. The maximum absolute atomic E-state index is 12.1. The Labute approximate surface area is 161 Å². The minimum atomic E-state index is -3.05. The van der Waals surface area contributed by atoms with Gasteiger partial charge in [-0.3, -0.25) is 4.79 Å². The number of fused-ring (bicyclic) bond motifs is 1. The molecule has 0 N–H and O–H groups in total. The number of aryl methyl sites for hydroxylation is 2. The number of carbonyl (C=O) groups is 1. The minimum Gasteiger partial charge on any atom is -0.315 e. The van der Waals surface area contributed by atoms with Gasteiger partial charge in [-0.25, -0.2) is 8.42 Å². The second-order valence-electron chi connectivity index (χ2n) is 6.60. The summed E-state index contributed by atoms with van der Waals surface area (Å²) in [5.41, 5.74) is 3.03. The normalized spacial score (nSPS) is 26.2. The second kappa shape index (κ2) is 7.04. The summed E-state index contributed by atoms with van der Waals surface area (Å²) in [6.45, 7) is 5.95. The van der Waals surface area contributed by atoms with Gasteiger partial charge in [0.1, 0.15) is 0 Å². The molecule has 0 radical (unpaired) electrons. The molecule has 0 spiro atoms. The van der Waals surface area contributed by atoms with Crippen LogP contribution in [0.25, 0.3) is 0 Å². The fourth-order valence-electron chi connectivity index (χ4n) is 3.49. The van der Waals surface area contributed by atoms with Gasteiger partial charge >= 0.3 is 0 Å². The van der Waals surface area contributed by atoms with Crippen molar-refractivity contribution < 1.29 is 13.2 Å². The Morgan fingerprint density at radius 1 is 1.32 bits per heavy atom. The highest BCUT2D eigenvalue weighted by Crippen LogP contribution is 2.43. The van der Waals surface area contributed by atoms with Gasteiger partial charge in [0.25, 0.3) is 0 Å². The van der Waals surface area contributed by atoms with Crippen molar-refractivity contribution in [3.05, 3.63) is 27.7 Å². The van der Waals surface area contributed by atoms with Gasteiger partial charge in [0.05, 0.1) is 17.5 Å². The zero-order chi connectivity index (χ0) is 18.4. The molecule has 25 heavy (non-hydrogen) atoms. The molecule has 2 saturated heterocycles. The predicted octanol–water partition coefficient (Wildman–Crippen LogP) is 3.47. The van der Waals surface area contributed by atoms with E-state index >= 15 is 0 Å². The lowest BCUT2D eigenvalue weighted by Crippen LogP contribution is -2.38. The van der Waals surface area contributed by atoms with E-state index in [2.05, 4.69) is 20.9 Å². The highest BCUT2D eigenvalue weighted by molar-refractivity contribution is 9.10. The van der Waals surface area contributed by atoms with E-state index in [1.807, 2.05) is 37.8 Å². The molecule has 2 heterocycles. The number of benzene rings is 1. The summed E-state index contributed by atoms with van der Waals surface area (Å²) in [6, 6.07) is 3.85. The van der Waals surface area contributed by atoms with Gasteiger partial charge in [0.2, 0.25) is 5.91 Å². The number of sulfone groups is 1. The molecule has 3 rings (SSSR count). The Bertz CT molecular complexity index is 828. The quantitative estimate of drug-likeness (QED) is 0.713. The molecular weight excluding hydrogens is 424 g/mol. The zero-order valence-electron chi connectivity index (χ0n) is 14.5. The van der Waals surface area contributed by atoms with Crippen molar-refractivity contribution in [2.24, 2.45) is 4.99 Å². The number of nitrogens with zero attached hydrogens (tertiary/aromatic N) is 2. The molecule has 1 aromatic carbocycles. The molecule has 2 aliphatic heterocycles. The number of hydrogen-bond donors (Lipinski definition) is 0. The number of thioether (sulfide) groups is 1. The highest BCUT2D eigenvalue weighted by atomic mass is 79.9. The smallest absolute Gasteiger partial charge is 0.248 e. The summed E-state index contributed by atoms with van der Waals surface area (Å²) >= 11 is 4.93. The van der Waals surface area contributed by atoms with E-state index in [1.54, 1.807) is 0 Å². The van der Waals surface area contributed by atoms with Gasteiger partial charge in [0, 0.05) is 21.8 Å². The van der Waals surface area contributed by atoms with Gasteiger partial charge < -0.3 is 4.90 Å². The summed E-state index contributed by atoms with van der Waals surface area (Å²) in [6.07, 6.45) is 1.15. The van der Waals surface area contributed by atoms with Gasteiger partial charge in [-0.15, -0.1) is 0 Å². The molecule has 0 bridgehead atoms. The molecule has 5 nitrogen and oxygen atoms in total. The van der Waals surface area contributed by atoms with Crippen LogP contribution in [0.15, 0.2) is 21.6 Å². The van der Waals surface area contributed by atoms with Crippen LogP contribution < -0.4 is 4.90 Å². The van der Waals surface area contributed by atoms with Crippen molar-refractivity contribution in [2.75, 3.05) is 16.4 Å². The lowest BCUT2D eigenvalue weighted by atomic mass is 10.1. The number of aliphatic imine (C=N–C) groups is 1. The zero-order valence-corrected chi connectivity index (χ0v) is 17.7. The molecule has 2 atom stereocenters. The van der Waals surface area contributed by atoms with Crippen LogP contribution in [-0.2, 0) is 14.6 Å². The summed E-state index contributed by atoms with van der Waals surface area (Å²) < 4.78 is 25.2. The molecular formula is C17H21BrN2O3S2. The Kier molecular flexibility index (Phi) is 5.33. The van der Waals surface area contributed by atoms with E-state index in [9.17, 15) is 13.2 Å². The molecule has 136 valence electrons. The van der Waals surface area contributed by atoms with Gasteiger partial charge in [-0.05, 0) is 43.5 Å². The first kappa shape index (κ1) is 18.9. The Balaban J connectivity index is 2.09. The fraction of sp³-hybridized carbons (Fsp3) is 0.529. The van der Waals surface area contributed by atoms with Crippen LogP contribution in [0.1, 0.15) is 30.9 Å². The molecule has 2 fully saturated rings. The van der Waals surface area contributed by atoms with Crippen LogP contribution in [0.3, 0.4) is 0 Å². The van der Waals surface area contributed by atoms with Crippen molar-refractivity contribution in [3.63, 3.8) is 0 Å². The summed E-state index contributed by atoms with van der Waals surface area (Å²) in [4.78, 5) is 18.4. The number of anilines is 1. The van der Waals surface area contributed by atoms with Gasteiger partial charge in [-0.2, -0.15) is 4.99 Å². The SMILES string of the molecule is CCCC(=O)N=C1S[C@@H]2CS(=O)(=O)C[C@@H]2N1c1c(C)cc(Br)cc1C. The van der Waals surface area contributed by atoms with Crippen LogP contribution in [0, 0.1) is 13.8 Å². The third-order valence-corrected chi connectivity index (χ3v) is 8.12. The Hall–Kier alpha value is -0.860. The van der Waals surface area contributed by atoms with E-state index in [1.165, 1.54) is 11.8 Å². The number of carbonyl (C=O) groups excluding carboxylic acids is 1. The molecule has 0 aliphatic carbocycles. The van der Waals surface area contributed by atoms with E-state index in [-0.39, 0.29) is 28.7 Å². The number of amides is 1. The van der Waals surface area contributed by atoms with Crippen LogP contribution in [0.4, 0.5) is 5.69 Å². The van der Waals surface area contributed by atoms with Crippen LogP contribution >= 0.6 is 27.7 Å². The Morgan fingerprint density at radius 2 is 1.96 bits per heavy atom. The number of hydrogen-bond acceptors (Lipinski definition) is 4. The van der Waals surface area contributed by atoms with Gasteiger partial charge in [0.15, 0.2) is 15.0 Å². The summed E-state index contributed by atoms with van der Waals surface area (Å²) in [7, 11) is -3.05. The summed E-state index contributed by atoms with van der Waals surface area (Å²) in [5.74, 6) is 0.111. The first-order valence-electron chi connectivity index (χ1n) is 8.26. The first-order valence-corrected chi connectivity index (χ1v) is 11.8. The predicted molar refractivity (Wildman–Crippen MR) is 107 cm³/mol. The number of rotatable bonds is 3. The van der Waals surface area contributed by atoms with Crippen LogP contribution in [-0.4, -0.2) is 42.3 Å². The van der Waals surface area contributed by atoms with Crippen molar-refractivity contribution in [2.45, 2.75) is 44.9 Å². The van der Waals surface area contributed by atoms with Crippen LogP contribution in [0.2, 0.25) is 0 Å². The standard InChI is InChI=1S/C17H21BrN2O3S2/c1-4-5-15(21)19-17-20(13-8-25(22,23)9-14(13)24-17)16-10(2)6-12(18)7-11(16)3/h6-7,13-14H,4-5,8-9H2,1-3H3/t13-,14+/m0/s1. The first-order chi connectivity index (χ1) is 11.7. The average Bonchev–Trinajstić information content (AvgIpc) is 2.91. The number of amidine groups is 1. The number of halogens is 1. The monoisotopic (exact) mass is 444 g/mol. The maximum Gasteiger partial charge on any atom is 0.248 e. The van der Waals surface area contributed by atoms with Crippen LogP contribution in [0.5, 0.6) is 0 Å². The fourth-order valence-corrected chi connectivity index (χ4v) is 8.09. The van der Waals surface area contributed by atoms with E-state index < -0.39 is 9.84 Å². The molecule has 2 aliphatic rings. The molecule has 8 heteroatoms.